The zero-order chi connectivity index (χ0) is 11.7. The van der Waals surface area contributed by atoms with Crippen LogP contribution in [-0.4, -0.2) is 6.04 Å². The molecule has 0 spiro atoms. The molecule has 3 N–H and O–H groups in total. The average molecular weight is 230 g/mol. The fourth-order valence-electron chi connectivity index (χ4n) is 3.15. The predicted octanol–water partition coefficient (Wildman–Crippen LogP) is 2.42. The first-order valence-corrected chi connectivity index (χ1v) is 6.89. The highest BCUT2D eigenvalue weighted by Gasteiger charge is 2.29. The van der Waals surface area contributed by atoms with Gasteiger partial charge in [0.25, 0.3) is 0 Å². The maximum atomic E-state index is 5.74. The molecule has 0 heterocycles. The van der Waals surface area contributed by atoms with E-state index >= 15 is 0 Å². The van der Waals surface area contributed by atoms with Gasteiger partial charge < -0.3 is 0 Å². The van der Waals surface area contributed by atoms with Gasteiger partial charge in [0.2, 0.25) is 0 Å². The van der Waals surface area contributed by atoms with Crippen LogP contribution in [-0.2, 0) is 12.8 Å². The molecular weight excluding hydrogens is 208 g/mol. The molecular formula is C15H22N2. The normalized spacial score (nSPS) is 21.5. The molecule has 1 atom stereocenters. The van der Waals surface area contributed by atoms with Crippen LogP contribution in [0.4, 0.5) is 0 Å². The maximum absolute atomic E-state index is 5.74. The van der Waals surface area contributed by atoms with Crippen molar-refractivity contribution in [3.05, 3.63) is 35.4 Å². The molecule has 1 unspecified atom stereocenters. The molecule has 92 valence electrons. The largest absolute Gasteiger partial charge is 0.271 e. The van der Waals surface area contributed by atoms with E-state index in [1.807, 2.05) is 0 Å². The summed E-state index contributed by atoms with van der Waals surface area (Å²) in [7, 11) is 0. The second-order valence-corrected chi connectivity index (χ2v) is 5.73. The summed E-state index contributed by atoms with van der Waals surface area (Å²) in [6, 6.07) is 9.34. The Hall–Kier alpha value is -0.860. The summed E-state index contributed by atoms with van der Waals surface area (Å²) in [5.41, 5.74) is 6.13. The number of nitrogens with two attached hydrogens (primary N) is 1. The van der Waals surface area contributed by atoms with Gasteiger partial charge >= 0.3 is 0 Å². The van der Waals surface area contributed by atoms with Crippen molar-refractivity contribution in [1.29, 1.82) is 0 Å². The minimum Gasteiger partial charge on any atom is -0.271 e. The quantitative estimate of drug-likeness (QED) is 0.602. The van der Waals surface area contributed by atoms with Crippen molar-refractivity contribution in [2.45, 2.75) is 44.6 Å². The number of hydrazine groups is 1. The molecule has 0 aromatic heterocycles. The summed E-state index contributed by atoms with van der Waals surface area (Å²) < 4.78 is 0. The summed E-state index contributed by atoms with van der Waals surface area (Å²) in [6.45, 7) is 0. The fourth-order valence-corrected chi connectivity index (χ4v) is 3.15. The van der Waals surface area contributed by atoms with Crippen molar-refractivity contribution >= 4 is 0 Å². The van der Waals surface area contributed by atoms with Crippen molar-refractivity contribution in [3.63, 3.8) is 0 Å². The number of hydrogen-bond donors (Lipinski definition) is 2. The van der Waals surface area contributed by atoms with Gasteiger partial charge in [0.15, 0.2) is 0 Å². The Kier molecular flexibility index (Phi) is 3.17. The molecule has 0 bridgehead atoms. The predicted molar refractivity (Wildman–Crippen MR) is 70.4 cm³/mol. The lowest BCUT2D eigenvalue weighted by Crippen LogP contribution is -2.41. The maximum Gasteiger partial charge on any atom is 0.0245 e. The Bertz CT molecular complexity index is 359. The van der Waals surface area contributed by atoms with Crippen LogP contribution in [0.5, 0.6) is 0 Å². The third kappa shape index (κ3) is 2.53. The summed E-state index contributed by atoms with van der Waals surface area (Å²) in [6.07, 6.45) is 7.91. The van der Waals surface area contributed by atoms with E-state index in [9.17, 15) is 0 Å². The Labute approximate surface area is 104 Å². The van der Waals surface area contributed by atoms with Gasteiger partial charge in [0, 0.05) is 6.04 Å². The molecule has 0 saturated heterocycles. The smallest absolute Gasteiger partial charge is 0.0245 e. The molecule has 1 aromatic rings. The summed E-state index contributed by atoms with van der Waals surface area (Å²) >= 11 is 0. The lowest BCUT2D eigenvalue weighted by Gasteiger charge is -2.22. The molecule has 0 aliphatic heterocycles. The standard InChI is InChI=1S/C15H22N2/c16-17-15(8-7-11-5-6-11)14-9-12-3-1-2-4-13(12)10-14/h1-4,11,14-15,17H,5-10,16H2. The van der Waals surface area contributed by atoms with E-state index < -0.39 is 0 Å². The highest BCUT2D eigenvalue weighted by molar-refractivity contribution is 5.32. The van der Waals surface area contributed by atoms with Crippen LogP contribution < -0.4 is 11.3 Å². The van der Waals surface area contributed by atoms with Crippen LogP contribution in [0.15, 0.2) is 24.3 Å². The van der Waals surface area contributed by atoms with Crippen LogP contribution >= 0.6 is 0 Å². The molecule has 2 nitrogen and oxygen atoms in total. The SMILES string of the molecule is NNC(CCC1CC1)C1Cc2ccccc2C1. The second-order valence-electron chi connectivity index (χ2n) is 5.73. The van der Waals surface area contributed by atoms with E-state index in [1.165, 1.54) is 49.7 Å². The number of hydrogen-bond acceptors (Lipinski definition) is 2. The van der Waals surface area contributed by atoms with Crippen molar-refractivity contribution in [2.75, 3.05) is 0 Å². The molecule has 0 radical (unpaired) electrons. The van der Waals surface area contributed by atoms with Crippen molar-refractivity contribution in [1.82, 2.24) is 5.43 Å². The molecule has 1 aromatic carbocycles. The topological polar surface area (TPSA) is 38.0 Å². The zero-order valence-electron chi connectivity index (χ0n) is 10.4. The summed E-state index contributed by atoms with van der Waals surface area (Å²) in [5.74, 6) is 7.46. The lowest BCUT2D eigenvalue weighted by atomic mass is 9.92. The van der Waals surface area contributed by atoms with Gasteiger partial charge in [-0.2, -0.15) is 0 Å². The molecule has 1 saturated carbocycles. The minimum absolute atomic E-state index is 0.503. The molecule has 0 amide bonds. The molecule has 17 heavy (non-hydrogen) atoms. The Morgan fingerprint density at radius 1 is 1.18 bits per heavy atom. The van der Waals surface area contributed by atoms with Crippen LogP contribution in [0.1, 0.15) is 36.8 Å². The van der Waals surface area contributed by atoms with Gasteiger partial charge in [-0.25, -0.2) is 0 Å². The first-order valence-electron chi connectivity index (χ1n) is 6.89. The van der Waals surface area contributed by atoms with E-state index in [2.05, 4.69) is 29.7 Å². The first-order chi connectivity index (χ1) is 8.36. The fraction of sp³-hybridized carbons (Fsp3) is 0.600. The highest BCUT2D eigenvalue weighted by atomic mass is 15.2. The van der Waals surface area contributed by atoms with Gasteiger partial charge in [-0.3, -0.25) is 11.3 Å². The monoisotopic (exact) mass is 230 g/mol. The number of fused-ring (bicyclic) bond motifs is 1. The second kappa shape index (κ2) is 4.79. The van der Waals surface area contributed by atoms with Crippen LogP contribution in [0.2, 0.25) is 0 Å². The Morgan fingerprint density at radius 3 is 2.35 bits per heavy atom. The van der Waals surface area contributed by atoms with Crippen molar-refractivity contribution in [2.24, 2.45) is 17.7 Å². The first kappa shape index (κ1) is 11.2. The van der Waals surface area contributed by atoms with Crippen LogP contribution in [0.3, 0.4) is 0 Å². The lowest BCUT2D eigenvalue weighted by molar-refractivity contribution is 0.338. The third-order valence-electron chi connectivity index (χ3n) is 4.45. The zero-order valence-corrected chi connectivity index (χ0v) is 10.4. The number of nitrogens with one attached hydrogen (secondary N) is 1. The van der Waals surface area contributed by atoms with Crippen LogP contribution in [0, 0.1) is 11.8 Å². The molecule has 3 rings (SSSR count). The van der Waals surface area contributed by atoms with E-state index in [0.29, 0.717) is 12.0 Å². The van der Waals surface area contributed by atoms with E-state index in [0.717, 1.165) is 5.92 Å². The summed E-state index contributed by atoms with van der Waals surface area (Å²) in [5, 5.41) is 0. The van der Waals surface area contributed by atoms with Crippen molar-refractivity contribution < 1.29 is 0 Å². The minimum atomic E-state index is 0.503. The van der Waals surface area contributed by atoms with E-state index in [-0.39, 0.29) is 0 Å². The average Bonchev–Trinajstić information content (AvgIpc) is 3.08. The van der Waals surface area contributed by atoms with Gasteiger partial charge in [0.1, 0.15) is 0 Å². The Morgan fingerprint density at radius 2 is 1.82 bits per heavy atom. The third-order valence-corrected chi connectivity index (χ3v) is 4.45. The molecule has 2 aliphatic carbocycles. The summed E-state index contributed by atoms with van der Waals surface area (Å²) in [4.78, 5) is 0. The Balaban J connectivity index is 1.60. The van der Waals surface area contributed by atoms with Gasteiger partial charge in [-0.15, -0.1) is 0 Å². The van der Waals surface area contributed by atoms with E-state index in [1.54, 1.807) is 0 Å². The highest BCUT2D eigenvalue weighted by Crippen LogP contribution is 2.36. The van der Waals surface area contributed by atoms with Gasteiger partial charge in [0.05, 0.1) is 0 Å². The number of benzene rings is 1. The number of rotatable bonds is 5. The molecule has 2 heteroatoms. The molecule has 1 fully saturated rings. The van der Waals surface area contributed by atoms with Crippen LogP contribution in [0.25, 0.3) is 0 Å². The van der Waals surface area contributed by atoms with E-state index in [4.69, 9.17) is 5.84 Å². The van der Waals surface area contributed by atoms with Gasteiger partial charge in [-0.1, -0.05) is 37.1 Å². The molecule has 2 aliphatic rings. The van der Waals surface area contributed by atoms with Gasteiger partial charge in [-0.05, 0) is 48.6 Å². The van der Waals surface area contributed by atoms with Crippen molar-refractivity contribution in [3.8, 4) is 0 Å².